The van der Waals surface area contributed by atoms with Crippen LogP contribution in [0.4, 0.5) is 11.5 Å². The molecule has 2 aromatic carbocycles. The van der Waals surface area contributed by atoms with E-state index in [1.807, 2.05) is 43.3 Å². The average Bonchev–Trinajstić information content (AvgIpc) is 3.17. The fraction of sp³-hybridized carbons (Fsp3) is 0.0476. The van der Waals surface area contributed by atoms with E-state index < -0.39 is 4.92 Å². The van der Waals surface area contributed by atoms with Crippen LogP contribution >= 0.6 is 0 Å². The first-order chi connectivity index (χ1) is 14.6. The summed E-state index contributed by atoms with van der Waals surface area (Å²) in [5.74, 6) is 1.05. The third-order valence-corrected chi connectivity index (χ3v) is 4.24. The molecule has 0 spiro atoms. The molecule has 0 aliphatic heterocycles. The number of hydrogen-bond donors (Lipinski definition) is 1. The summed E-state index contributed by atoms with van der Waals surface area (Å²) in [6.45, 7) is 1.92. The Labute approximate surface area is 171 Å². The Balaban J connectivity index is 1.57. The van der Waals surface area contributed by atoms with Gasteiger partial charge in [0.05, 0.1) is 22.5 Å². The fourth-order valence-electron chi connectivity index (χ4n) is 2.90. The topological polar surface area (TPSA) is 111 Å². The van der Waals surface area contributed by atoms with Crippen LogP contribution in [0, 0.1) is 17.0 Å². The van der Waals surface area contributed by atoms with Gasteiger partial charge in [-0.15, -0.1) is 0 Å². The van der Waals surface area contributed by atoms with Crippen molar-refractivity contribution >= 4 is 17.7 Å². The van der Waals surface area contributed by atoms with E-state index in [0.717, 1.165) is 17.0 Å². The molecule has 4 aromatic rings. The SMILES string of the molecule is Cc1cc(-c2ccccc2)n(-c2cc(N/N=C\c3cccc([N+](=O)[O-])c3)ncn2)n1. The van der Waals surface area contributed by atoms with E-state index in [1.54, 1.807) is 22.9 Å². The molecule has 9 heteroatoms. The monoisotopic (exact) mass is 399 g/mol. The normalized spacial score (nSPS) is 11.0. The molecule has 0 atom stereocenters. The summed E-state index contributed by atoms with van der Waals surface area (Å²) < 4.78 is 1.75. The number of non-ortho nitro benzene ring substituents is 1. The lowest BCUT2D eigenvalue weighted by atomic mass is 10.1. The lowest BCUT2D eigenvalue weighted by Gasteiger charge is -2.07. The van der Waals surface area contributed by atoms with Gasteiger partial charge in [0.2, 0.25) is 0 Å². The van der Waals surface area contributed by atoms with Crippen LogP contribution in [0.15, 0.2) is 78.2 Å². The van der Waals surface area contributed by atoms with Gasteiger partial charge in [0.1, 0.15) is 6.33 Å². The molecule has 0 amide bonds. The number of anilines is 1. The fourth-order valence-corrected chi connectivity index (χ4v) is 2.90. The van der Waals surface area contributed by atoms with Crippen molar-refractivity contribution in [1.82, 2.24) is 19.7 Å². The summed E-state index contributed by atoms with van der Waals surface area (Å²) in [7, 11) is 0. The van der Waals surface area contributed by atoms with Crippen LogP contribution in [0.3, 0.4) is 0 Å². The Morgan fingerprint density at radius 3 is 2.70 bits per heavy atom. The lowest BCUT2D eigenvalue weighted by molar-refractivity contribution is -0.384. The van der Waals surface area contributed by atoms with Crippen LogP contribution in [0.5, 0.6) is 0 Å². The van der Waals surface area contributed by atoms with Gasteiger partial charge in [-0.25, -0.2) is 14.6 Å². The molecule has 30 heavy (non-hydrogen) atoms. The first-order valence-electron chi connectivity index (χ1n) is 9.08. The molecule has 9 nitrogen and oxygen atoms in total. The molecule has 1 N–H and O–H groups in total. The summed E-state index contributed by atoms with van der Waals surface area (Å²) in [6.07, 6.45) is 2.91. The van der Waals surface area contributed by atoms with E-state index in [2.05, 4.69) is 25.6 Å². The van der Waals surface area contributed by atoms with E-state index in [0.29, 0.717) is 17.2 Å². The van der Waals surface area contributed by atoms with Crippen molar-refractivity contribution in [2.75, 3.05) is 5.43 Å². The van der Waals surface area contributed by atoms with E-state index in [-0.39, 0.29) is 5.69 Å². The van der Waals surface area contributed by atoms with Crippen molar-refractivity contribution in [3.63, 3.8) is 0 Å². The molecule has 148 valence electrons. The van der Waals surface area contributed by atoms with Crippen molar-refractivity contribution in [3.8, 4) is 17.1 Å². The highest BCUT2D eigenvalue weighted by molar-refractivity contribution is 5.81. The molecule has 0 unspecified atom stereocenters. The van der Waals surface area contributed by atoms with Gasteiger partial charge in [-0.2, -0.15) is 10.2 Å². The summed E-state index contributed by atoms with van der Waals surface area (Å²) in [5.41, 5.74) is 6.23. The van der Waals surface area contributed by atoms with Gasteiger partial charge < -0.3 is 0 Å². The van der Waals surface area contributed by atoms with Crippen LogP contribution in [-0.4, -0.2) is 30.9 Å². The second-order valence-electron chi connectivity index (χ2n) is 6.43. The number of hydrazone groups is 1. The molecular formula is C21H17N7O2. The largest absolute Gasteiger partial charge is 0.270 e. The molecule has 0 aliphatic rings. The van der Waals surface area contributed by atoms with E-state index in [1.165, 1.54) is 24.7 Å². The number of rotatable bonds is 6. The number of nitrogens with zero attached hydrogens (tertiary/aromatic N) is 6. The van der Waals surface area contributed by atoms with Crippen molar-refractivity contribution in [3.05, 3.63) is 94.4 Å². The van der Waals surface area contributed by atoms with Crippen LogP contribution in [-0.2, 0) is 0 Å². The number of benzene rings is 2. The zero-order valence-corrected chi connectivity index (χ0v) is 16.0. The molecule has 0 saturated carbocycles. The van der Waals surface area contributed by atoms with Crippen LogP contribution in [0.1, 0.15) is 11.3 Å². The Morgan fingerprint density at radius 2 is 1.90 bits per heavy atom. The van der Waals surface area contributed by atoms with Gasteiger partial charge in [0.25, 0.3) is 5.69 Å². The molecule has 0 fully saturated rings. The predicted octanol–water partition coefficient (Wildman–Crippen LogP) is 3.99. The van der Waals surface area contributed by atoms with Crippen molar-refractivity contribution in [1.29, 1.82) is 0 Å². The Kier molecular flexibility index (Phi) is 5.25. The van der Waals surface area contributed by atoms with Crippen molar-refractivity contribution < 1.29 is 4.92 Å². The summed E-state index contributed by atoms with van der Waals surface area (Å²) in [5, 5.41) is 19.5. The van der Waals surface area contributed by atoms with Crippen molar-refractivity contribution in [2.45, 2.75) is 6.92 Å². The Morgan fingerprint density at radius 1 is 1.07 bits per heavy atom. The summed E-state index contributed by atoms with van der Waals surface area (Å²) in [6, 6.07) is 19.8. The first kappa shape index (κ1) is 18.9. The summed E-state index contributed by atoms with van der Waals surface area (Å²) >= 11 is 0. The maximum absolute atomic E-state index is 10.9. The number of aryl methyl sites for hydroxylation is 1. The van der Waals surface area contributed by atoms with Gasteiger partial charge in [-0.3, -0.25) is 15.5 Å². The van der Waals surface area contributed by atoms with Crippen molar-refractivity contribution in [2.24, 2.45) is 5.10 Å². The second kappa shape index (κ2) is 8.31. The zero-order valence-electron chi connectivity index (χ0n) is 16.0. The molecule has 0 aliphatic carbocycles. The maximum Gasteiger partial charge on any atom is 0.270 e. The molecule has 0 bridgehead atoms. The van der Waals surface area contributed by atoms with E-state index in [9.17, 15) is 10.1 Å². The van der Waals surface area contributed by atoms with E-state index in [4.69, 9.17) is 0 Å². The van der Waals surface area contributed by atoms with Gasteiger partial charge >= 0.3 is 0 Å². The second-order valence-corrected chi connectivity index (χ2v) is 6.43. The number of nitrogens with one attached hydrogen (secondary N) is 1. The predicted molar refractivity (Wildman–Crippen MR) is 114 cm³/mol. The third-order valence-electron chi connectivity index (χ3n) is 4.24. The number of aromatic nitrogens is 4. The average molecular weight is 399 g/mol. The highest BCUT2D eigenvalue weighted by Gasteiger charge is 2.11. The highest BCUT2D eigenvalue weighted by Crippen LogP contribution is 2.23. The highest BCUT2D eigenvalue weighted by atomic mass is 16.6. The van der Waals surface area contributed by atoms with Gasteiger partial charge in [0.15, 0.2) is 11.6 Å². The molecular weight excluding hydrogens is 382 g/mol. The van der Waals surface area contributed by atoms with Crippen LogP contribution in [0.25, 0.3) is 17.1 Å². The van der Waals surface area contributed by atoms with E-state index >= 15 is 0 Å². The molecule has 0 saturated heterocycles. The molecule has 2 aromatic heterocycles. The maximum atomic E-state index is 10.9. The molecule has 2 heterocycles. The van der Waals surface area contributed by atoms with Gasteiger partial charge in [-0.1, -0.05) is 42.5 Å². The Hall–Kier alpha value is -4.40. The van der Waals surface area contributed by atoms with Crippen LogP contribution < -0.4 is 5.43 Å². The molecule has 4 rings (SSSR count). The number of hydrogen-bond acceptors (Lipinski definition) is 7. The third kappa shape index (κ3) is 4.20. The quantitative estimate of drug-likeness (QED) is 0.298. The number of nitro groups is 1. The molecule has 0 radical (unpaired) electrons. The minimum absolute atomic E-state index is 0.00534. The van der Waals surface area contributed by atoms with Gasteiger partial charge in [0, 0.05) is 29.3 Å². The number of nitro benzene ring substituents is 1. The van der Waals surface area contributed by atoms with Gasteiger partial charge in [-0.05, 0) is 13.0 Å². The van der Waals surface area contributed by atoms with Crippen LogP contribution in [0.2, 0.25) is 0 Å². The minimum Gasteiger partial charge on any atom is -0.261 e. The smallest absolute Gasteiger partial charge is 0.261 e. The summed E-state index contributed by atoms with van der Waals surface area (Å²) in [4.78, 5) is 18.9. The lowest BCUT2D eigenvalue weighted by Crippen LogP contribution is -2.04. The first-order valence-corrected chi connectivity index (χ1v) is 9.08. The standard InChI is InChI=1S/C21H17N7O2/c1-15-10-19(17-7-3-2-4-8-17)27(26-15)21-12-20(22-14-23-21)25-24-13-16-6-5-9-18(11-16)28(29)30/h2-14H,1H3,(H,22,23,25)/b24-13-. The minimum atomic E-state index is -0.447. The zero-order chi connectivity index (χ0) is 20.9. The Bertz CT molecular complexity index is 1220.